The van der Waals surface area contributed by atoms with Gasteiger partial charge in [0.15, 0.2) is 12.2 Å². The van der Waals surface area contributed by atoms with Crippen molar-refractivity contribution in [3.63, 3.8) is 0 Å². The van der Waals surface area contributed by atoms with Gasteiger partial charge in [-0.25, -0.2) is 9.13 Å². The number of esters is 4. The molecule has 19 heteroatoms. The Morgan fingerprint density at radius 2 is 0.455 bits per heavy atom. The first-order chi connectivity index (χ1) is 54.4. The van der Waals surface area contributed by atoms with Gasteiger partial charge in [-0.05, 0) is 37.5 Å². The number of carbonyl (C=O) groups excluding carboxylic acids is 4. The third-order valence-electron chi connectivity index (χ3n) is 22.3. The molecule has 0 bridgehead atoms. The maximum Gasteiger partial charge on any atom is 0.472 e. The highest BCUT2D eigenvalue weighted by molar-refractivity contribution is 7.47. The van der Waals surface area contributed by atoms with Crippen molar-refractivity contribution in [2.45, 2.75) is 522 Å². The predicted molar refractivity (Wildman–Crippen MR) is 465 cm³/mol. The third-order valence-corrected chi connectivity index (χ3v) is 24.2. The van der Waals surface area contributed by atoms with Crippen LogP contribution >= 0.6 is 15.6 Å². The molecule has 0 saturated carbocycles. The molecule has 0 fully saturated rings. The fourth-order valence-electron chi connectivity index (χ4n) is 14.6. The average molecular weight is 1630 g/mol. The van der Waals surface area contributed by atoms with E-state index in [1.807, 2.05) is 0 Å². The third kappa shape index (κ3) is 84.5. The van der Waals surface area contributed by atoms with Crippen LogP contribution in [0.15, 0.2) is 0 Å². The molecule has 17 nitrogen and oxygen atoms in total. The summed E-state index contributed by atoms with van der Waals surface area (Å²) in [6, 6.07) is 0. The summed E-state index contributed by atoms with van der Waals surface area (Å²) in [7, 11) is -9.94. The molecule has 0 aliphatic heterocycles. The highest BCUT2D eigenvalue weighted by Crippen LogP contribution is 2.45. The van der Waals surface area contributed by atoms with Gasteiger partial charge in [0.05, 0.1) is 26.4 Å². The predicted octanol–water partition coefficient (Wildman–Crippen LogP) is 29.0. The number of hydrogen-bond donors (Lipinski definition) is 3. The molecule has 112 heavy (non-hydrogen) atoms. The van der Waals surface area contributed by atoms with Crippen molar-refractivity contribution in [2.75, 3.05) is 39.6 Å². The number of hydrogen-bond acceptors (Lipinski definition) is 15. The van der Waals surface area contributed by atoms with Crippen LogP contribution < -0.4 is 0 Å². The lowest BCUT2D eigenvalue weighted by Gasteiger charge is -2.21. The molecule has 0 aromatic carbocycles. The van der Waals surface area contributed by atoms with Crippen molar-refractivity contribution in [1.82, 2.24) is 0 Å². The molecule has 0 saturated heterocycles. The highest BCUT2D eigenvalue weighted by Gasteiger charge is 2.31. The van der Waals surface area contributed by atoms with Crippen LogP contribution in [0.4, 0.5) is 0 Å². The number of aliphatic hydroxyl groups is 1. The molecule has 0 aromatic rings. The second-order valence-electron chi connectivity index (χ2n) is 34.1. The van der Waals surface area contributed by atoms with E-state index in [9.17, 15) is 43.2 Å². The van der Waals surface area contributed by atoms with E-state index < -0.39 is 97.5 Å². The van der Waals surface area contributed by atoms with Gasteiger partial charge in [-0.3, -0.25) is 37.3 Å². The maximum absolute atomic E-state index is 13.2. The summed E-state index contributed by atoms with van der Waals surface area (Å²) in [5, 5.41) is 10.7. The van der Waals surface area contributed by atoms with E-state index >= 15 is 0 Å². The van der Waals surface area contributed by atoms with Crippen LogP contribution in [0.2, 0.25) is 0 Å². The molecule has 0 aliphatic rings. The smallest absolute Gasteiger partial charge is 0.462 e. The lowest BCUT2D eigenvalue weighted by atomic mass is 9.99. The number of phosphoric ester groups is 2. The van der Waals surface area contributed by atoms with E-state index in [1.165, 1.54) is 321 Å². The van der Waals surface area contributed by atoms with Crippen LogP contribution in [0.3, 0.4) is 0 Å². The molecule has 6 atom stereocenters. The molecule has 0 aromatic heterocycles. The molecule has 0 spiro atoms. The molecular weight excluding hydrogens is 1450 g/mol. The molecule has 0 heterocycles. The molecule has 0 rings (SSSR count). The zero-order valence-electron chi connectivity index (χ0n) is 74.0. The first kappa shape index (κ1) is 110. The van der Waals surface area contributed by atoms with Gasteiger partial charge in [0, 0.05) is 25.7 Å². The van der Waals surface area contributed by atoms with Crippen LogP contribution in [0.1, 0.15) is 504 Å². The van der Waals surface area contributed by atoms with Crippen molar-refractivity contribution in [1.29, 1.82) is 0 Å². The largest absolute Gasteiger partial charge is 0.472 e. The zero-order valence-corrected chi connectivity index (χ0v) is 75.8. The SMILES string of the molecule is CCCCCCCCCCCCCCCCCCCCC(=O)O[C@H](COC(=O)CCCCCCCCCCCCCCC)COP(=O)(O)OC[C@H](O)COP(=O)(O)OC[C@@H](COC(=O)CCCCCCCCCCCCCCCCCCC(C)C)OC(=O)CCCCCCCCCCCCCCCCCCCCC(C)CC. The van der Waals surface area contributed by atoms with Gasteiger partial charge in [0.25, 0.3) is 0 Å². The second-order valence-corrected chi connectivity index (χ2v) is 37.0. The van der Waals surface area contributed by atoms with Crippen molar-refractivity contribution in [3.05, 3.63) is 0 Å². The minimum absolute atomic E-state index is 0.109. The molecule has 0 aliphatic carbocycles. The molecule has 0 radical (unpaired) electrons. The molecule has 0 amide bonds. The first-order valence-electron chi connectivity index (χ1n) is 48.0. The lowest BCUT2D eigenvalue weighted by molar-refractivity contribution is -0.161. The molecule has 3 N–H and O–H groups in total. The number of unbranched alkanes of at least 4 members (excludes halogenated alkanes) is 61. The summed E-state index contributed by atoms with van der Waals surface area (Å²) in [6.07, 6.45) is 79.1. The van der Waals surface area contributed by atoms with E-state index in [2.05, 4.69) is 41.5 Å². The number of ether oxygens (including phenoxy) is 4. The van der Waals surface area contributed by atoms with Gasteiger partial charge in [-0.1, -0.05) is 452 Å². The maximum atomic E-state index is 13.2. The quantitative estimate of drug-likeness (QED) is 0.0222. The normalized spacial score (nSPS) is 13.9. The summed E-state index contributed by atoms with van der Waals surface area (Å²) in [4.78, 5) is 73.5. The fraction of sp³-hybridized carbons (Fsp3) is 0.957. The Balaban J connectivity index is 5.26. The van der Waals surface area contributed by atoms with Crippen molar-refractivity contribution >= 4 is 39.5 Å². The van der Waals surface area contributed by atoms with E-state index in [1.54, 1.807) is 0 Å². The summed E-state index contributed by atoms with van der Waals surface area (Å²) in [5.41, 5.74) is 0. The van der Waals surface area contributed by atoms with Crippen LogP contribution in [0.5, 0.6) is 0 Å². The summed E-state index contributed by atoms with van der Waals surface area (Å²) in [5.74, 6) is -0.407. The lowest BCUT2D eigenvalue weighted by Crippen LogP contribution is -2.30. The minimum atomic E-state index is -4.97. The van der Waals surface area contributed by atoms with E-state index in [4.69, 9.17) is 37.0 Å². The standard InChI is InChI=1S/C93H182O17P2/c1-7-10-12-14-16-18-20-22-23-24-28-35-41-47-53-59-65-71-77-92(97)109-88(81-103-90(95)75-69-63-57-51-45-37-21-19-17-15-13-11-8-2)83-107-111(99,100)105-79-87(94)80-106-112(101,102)108-84-89(82-104-91(96)76-70-64-58-52-46-40-34-31-30-32-38-43-49-55-61-67-73-85(4)5)110-93(98)78-72-66-60-54-48-42-36-29-26-25-27-33-39-44-50-56-62-68-74-86(6)9-3/h85-89,94H,7-84H2,1-6H3,(H,99,100)(H,101,102)/t86?,87-,88+,89+/m0/s1. The second kappa shape index (κ2) is 84.1. The average Bonchev–Trinajstić information content (AvgIpc) is 0.897. The summed E-state index contributed by atoms with van der Waals surface area (Å²) >= 11 is 0. The first-order valence-corrected chi connectivity index (χ1v) is 51.0. The van der Waals surface area contributed by atoms with Gasteiger partial charge in [-0.15, -0.1) is 0 Å². The Morgan fingerprint density at radius 3 is 0.679 bits per heavy atom. The molecular formula is C93H182O17P2. The molecule has 666 valence electrons. The fourth-order valence-corrected chi connectivity index (χ4v) is 16.2. The monoisotopic (exact) mass is 1630 g/mol. The Morgan fingerprint density at radius 1 is 0.259 bits per heavy atom. The van der Waals surface area contributed by atoms with Crippen LogP contribution in [-0.4, -0.2) is 96.7 Å². The number of carbonyl (C=O) groups is 4. The number of aliphatic hydroxyl groups excluding tert-OH is 1. The number of phosphoric acid groups is 2. The molecule has 3 unspecified atom stereocenters. The van der Waals surface area contributed by atoms with Gasteiger partial charge >= 0.3 is 39.5 Å². The summed E-state index contributed by atoms with van der Waals surface area (Å²) < 4.78 is 69.2. The van der Waals surface area contributed by atoms with E-state index in [-0.39, 0.29) is 25.7 Å². The Labute approximate surface area is 689 Å². The van der Waals surface area contributed by atoms with Crippen molar-refractivity contribution < 1.29 is 80.2 Å². The van der Waals surface area contributed by atoms with Crippen molar-refractivity contribution in [2.24, 2.45) is 11.8 Å². The van der Waals surface area contributed by atoms with E-state index in [0.29, 0.717) is 25.7 Å². The van der Waals surface area contributed by atoms with Gasteiger partial charge in [-0.2, -0.15) is 0 Å². The minimum Gasteiger partial charge on any atom is -0.462 e. The number of rotatable bonds is 92. The Kier molecular flexibility index (Phi) is 82.6. The van der Waals surface area contributed by atoms with Crippen LogP contribution in [-0.2, 0) is 65.4 Å². The Bertz CT molecular complexity index is 2130. The highest BCUT2D eigenvalue weighted by atomic mass is 31.2. The summed E-state index contributed by atoms with van der Waals surface area (Å²) in [6.45, 7) is 9.82. The van der Waals surface area contributed by atoms with Crippen LogP contribution in [0, 0.1) is 11.8 Å². The Hall–Kier alpha value is -1.94. The van der Waals surface area contributed by atoms with Gasteiger partial charge in [0.1, 0.15) is 19.3 Å². The van der Waals surface area contributed by atoms with Crippen molar-refractivity contribution in [3.8, 4) is 0 Å². The van der Waals surface area contributed by atoms with Crippen LogP contribution in [0.25, 0.3) is 0 Å². The van der Waals surface area contributed by atoms with E-state index in [0.717, 1.165) is 102 Å². The topological polar surface area (TPSA) is 237 Å². The van der Waals surface area contributed by atoms with Gasteiger partial charge in [0.2, 0.25) is 0 Å². The van der Waals surface area contributed by atoms with Gasteiger partial charge < -0.3 is 33.8 Å². The zero-order chi connectivity index (χ0) is 82.0.